The maximum absolute atomic E-state index is 12.0. The van der Waals surface area contributed by atoms with Gasteiger partial charge in [-0.25, -0.2) is 0 Å². The largest absolute Gasteiger partial charge is 0.481 e. The van der Waals surface area contributed by atoms with E-state index >= 15 is 0 Å². The van der Waals surface area contributed by atoms with Crippen LogP contribution in [0.4, 0.5) is 0 Å². The highest BCUT2D eigenvalue weighted by Crippen LogP contribution is 2.18. The molecule has 0 bridgehead atoms. The van der Waals surface area contributed by atoms with Gasteiger partial charge in [0.05, 0.1) is 5.56 Å². The second kappa shape index (κ2) is 7.84. The summed E-state index contributed by atoms with van der Waals surface area (Å²) in [6.07, 6.45) is 0.800. The number of amides is 1. The fraction of sp³-hybridized carbons (Fsp3) is 0.385. The molecular formula is C13H15BrINO3. The molecule has 1 aromatic carbocycles. The van der Waals surface area contributed by atoms with Crippen molar-refractivity contribution in [2.24, 2.45) is 5.92 Å². The number of hydrogen-bond donors (Lipinski definition) is 2. The van der Waals surface area contributed by atoms with Crippen molar-refractivity contribution in [2.45, 2.75) is 19.8 Å². The maximum atomic E-state index is 12.0. The molecule has 0 fully saturated rings. The minimum absolute atomic E-state index is 0.0359. The summed E-state index contributed by atoms with van der Waals surface area (Å²) >= 11 is 5.43. The van der Waals surface area contributed by atoms with Gasteiger partial charge in [-0.3, -0.25) is 9.59 Å². The molecule has 0 aliphatic rings. The molecule has 0 aliphatic carbocycles. The number of carboxylic acids is 1. The maximum Gasteiger partial charge on any atom is 0.303 e. The fourth-order valence-electron chi connectivity index (χ4n) is 1.61. The van der Waals surface area contributed by atoms with Gasteiger partial charge in [-0.2, -0.15) is 0 Å². The van der Waals surface area contributed by atoms with Crippen molar-refractivity contribution in [3.8, 4) is 0 Å². The highest BCUT2D eigenvalue weighted by molar-refractivity contribution is 14.1. The molecule has 0 aromatic heterocycles. The number of rotatable bonds is 6. The molecule has 1 amide bonds. The number of carboxylic acid groups (broad SMARTS) is 1. The lowest BCUT2D eigenvalue weighted by molar-refractivity contribution is -0.138. The molecule has 19 heavy (non-hydrogen) atoms. The SMILES string of the molecule is CCC(CNC(=O)c1cc(Br)ccc1I)CC(=O)O. The molecule has 1 aromatic rings. The Morgan fingerprint density at radius 1 is 1.47 bits per heavy atom. The zero-order valence-corrected chi connectivity index (χ0v) is 14.2. The first-order chi connectivity index (χ1) is 8.93. The average molecular weight is 440 g/mol. The van der Waals surface area contributed by atoms with E-state index in [9.17, 15) is 9.59 Å². The second-order valence-corrected chi connectivity index (χ2v) is 6.28. The van der Waals surface area contributed by atoms with Crippen LogP contribution in [0.3, 0.4) is 0 Å². The van der Waals surface area contributed by atoms with Crippen molar-refractivity contribution in [1.29, 1.82) is 0 Å². The zero-order valence-electron chi connectivity index (χ0n) is 10.5. The van der Waals surface area contributed by atoms with E-state index in [1.165, 1.54) is 0 Å². The van der Waals surface area contributed by atoms with Crippen LogP contribution in [-0.4, -0.2) is 23.5 Å². The van der Waals surface area contributed by atoms with Crippen molar-refractivity contribution in [2.75, 3.05) is 6.54 Å². The van der Waals surface area contributed by atoms with Crippen molar-refractivity contribution in [3.63, 3.8) is 0 Å². The van der Waals surface area contributed by atoms with Crippen LogP contribution in [0.2, 0.25) is 0 Å². The van der Waals surface area contributed by atoms with Crippen molar-refractivity contribution in [3.05, 3.63) is 31.8 Å². The first-order valence-corrected chi connectivity index (χ1v) is 7.76. The Labute approximate surface area is 134 Å². The molecule has 0 radical (unpaired) electrons. The third-order valence-corrected chi connectivity index (χ3v) is 4.20. The second-order valence-electron chi connectivity index (χ2n) is 4.21. The lowest BCUT2D eigenvalue weighted by atomic mass is 10.0. The van der Waals surface area contributed by atoms with Crippen LogP contribution < -0.4 is 5.32 Å². The molecule has 1 unspecified atom stereocenters. The molecule has 6 heteroatoms. The highest BCUT2D eigenvalue weighted by atomic mass is 127. The van der Waals surface area contributed by atoms with Crippen molar-refractivity contribution < 1.29 is 14.7 Å². The van der Waals surface area contributed by atoms with Crippen LogP contribution in [0.5, 0.6) is 0 Å². The fourth-order valence-corrected chi connectivity index (χ4v) is 2.55. The normalized spacial score (nSPS) is 11.9. The first kappa shape index (κ1) is 16.4. The van der Waals surface area contributed by atoms with Gasteiger partial charge in [0, 0.05) is 21.0 Å². The Morgan fingerprint density at radius 3 is 2.74 bits per heavy atom. The predicted molar refractivity (Wildman–Crippen MR) is 85.2 cm³/mol. The van der Waals surface area contributed by atoms with E-state index in [-0.39, 0.29) is 18.2 Å². The number of carbonyl (C=O) groups excluding carboxylic acids is 1. The van der Waals surface area contributed by atoms with E-state index in [1.807, 2.05) is 19.1 Å². The van der Waals surface area contributed by atoms with Crippen LogP contribution >= 0.6 is 38.5 Å². The lowest BCUT2D eigenvalue weighted by Gasteiger charge is -2.14. The number of benzene rings is 1. The highest BCUT2D eigenvalue weighted by Gasteiger charge is 2.15. The van der Waals surface area contributed by atoms with Crippen LogP contribution in [0.1, 0.15) is 30.1 Å². The quantitative estimate of drug-likeness (QED) is 0.668. The van der Waals surface area contributed by atoms with Gasteiger partial charge >= 0.3 is 5.97 Å². The van der Waals surface area contributed by atoms with Crippen LogP contribution in [0, 0.1) is 9.49 Å². The van der Waals surface area contributed by atoms with E-state index in [4.69, 9.17) is 5.11 Å². The Bertz CT molecular complexity index is 479. The van der Waals surface area contributed by atoms with Gasteiger partial charge in [0.25, 0.3) is 5.91 Å². The minimum atomic E-state index is -0.835. The van der Waals surface area contributed by atoms with Gasteiger partial charge in [-0.1, -0.05) is 29.3 Å². The Balaban J connectivity index is 2.64. The number of nitrogens with one attached hydrogen (secondary N) is 1. The van der Waals surface area contributed by atoms with E-state index < -0.39 is 5.97 Å². The van der Waals surface area contributed by atoms with Gasteiger partial charge in [-0.05, 0) is 46.7 Å². The summed E-state index contributed by atoms with van der Waals surface area (Å²) in [4.78, 5) is 22.7. The van der Waals surface area contributed by atoms with Gasteiger partial charge in [-0.15, -0.1) is 0 Å². The topological polar surface area (TPSA) is 66.4 Å². The monoisotopic (exact) mass is 439 g/mol. The summed E-state index contributed by atoms with van der Waals surface area (Å²) < 4.78 is 1.71. The third-order valence-electron chi connectivity index (χ3n) is 2.76. The van der Waals surface area contributed by atoms with Gasteiger partial charge < -0.3 is 10.4 Å². The van der Waals surface area contributed by atoms with Gasteiger partial charge in [0.2, 0.25) is 0 Å². The summed E-state index contributed by atoms with van der Waals surface area (Å²) in [5.41, 5.74) is 0.597. The van der Waals surface area contributed by atoms with Crippen LogP contribution in [0.25, 0.3) is 0 Å². The standard InChI is InChI=1S/C13H15BrINO3/c1-2-8(5-12(17)18)7-16-13(19)10-6-9(14)3-4-11(10)15/h3-4,6,8H,2,5,7H2,1H3,(H,16,19)(H,17,18). The molecule has 104 valence electrons. The summed E-state index contributed by atoms with van der Waals surface area (Å²) in [5, 5.41) is 11.6. The number of carbonyl (C=O) groups is 2. The molecule has 1 rings (SSSR count). The predicted octanol–water partition coefficient (Wildman–Crippen LogP) is 3.28. The molecule has 4 nitrogen and oxygen atoms in total. The summed E-state index contributed by atoms with van der Waals surface area (Å²) in [5.74, 6) is -1.04. The van der Waals surface area contributed by atoms with Gasteiger partial charge in [0.1, 0.15) is 0 Å². The van der Waals surface area contributed by atoms with Crippen LogP contribution in [-0.2, 0) is 4.79 Å². The summed E-state index contributed by atoms with van der Waals surface area (Å²) in [6, 6.07) is 5.49. The molecule has 0 aliphatic heterocycles. The number of halogens is 2. The van der Waals surface area contributed by atoms with Crippen LogP contribution in [0.15, 0.2) is 22.7 Å². The number of hydrogen-bond acceptors (Lipinski definition) is 2. The lowest BCUT2D eigenvalue weighted by Crippen LogP contribution is -2.30. The Morgan fingerprint density at radius 2 is 2.16 bits per heavy atom. The van der Waals surface area contributed by atoms with E-state index in [0.29, 0.717) is 12.1 Å². The zero-order chi connectivity index (χ0) is 14.4. The molecule has 2 N–H and O–H groups in total. The van der Waals surface area contributed by atoms with Crippen molar-refractivity contribution >= 4 is 50.4 Å². The third kappa shape index (κ3) is 5.48. The summed E-state index contributed by atoms with van der Waals surface area (Å²) in [6.45, 7) is 2.30. The average Bonchev–Trinajstić information content (AvgIpc) is 2.36. The molecule has 0 spiro atoms. The summed E-state index contributed by atoms with van der Waals surface area (Å²) in [7, 11) is 0. The molecule has 0 saturated carbocycles. The first-order valence-electron chi connectivity index (χ1n) is 5.89. The van der Waals surface area contributed by atoms with E-state index in [1.54, 1.807) is 6.07 Å². The minimum Gasteiger partial charge on any atom is -0.481 e. The Kier molecular flexibility index (Phi) is 6.78. The molecular weight excluding hydrogens is 425 g/mol. The van der Waals surface area contributed by atoms with Crippen molar-refractivity contribution in [1.82, 2.24) is 5.32 Å². The van der Waals surface area contributed by atoms with Gasteiger partial charge in [0.15, 0.2) is 0 Å². The molecule has 1 atom stereocenters. The molecule has 0 heterocycles. The number of aliphatic carboxylic acids is 1. The van der Waals surface area contributed by atoms with E-state index in [2.05, 4.69) is 43.8 Å². The van der Waals surface area contributed by atoms with E-state index in [0.717, 1.165) is 14.5 Å². The Hall–Kier alpha value is -0.630. The molecule has 0 saturated heterocycles. The smallest absolute Gasteiger partial charge is 0.303 e.